The van der Waals surface area contributed by atoms with Gasteiger partial charge < -0.3 is 11.1 Å². The molecule has 2 rings (SSSR count). The highest BCUT2D eigenvalue weighted by Crippen LogP contribution is 2.28. The van der Waals surface area contributed by atoms with Gasteiger partial charge in [-0.3, -0.25) is 9.59 Å². The van der Waals surface area contributed by atoms with Gasteiger partial charge in [-0.1, -0.05) is 29.8 Å². The normalized spacial score (nSPS) is 21.2. The lowest BCUT2D eigenvalue weighted by Crippen LogP contribution is -2.43. The maximum atomic E-state index is 12.0. The van der Waals surface area contributed by atoms with Crippen LogP contribution in [0.2, 0.25) is 5.02 Å². The highest BCUT2D eigenvalue weighted by Gasteiger charge is 2.30. The maximum absolute atomic E-state index is 12.0. The summed E-state index contributed by atoms with van der Waals surface area (Å²) in [4.78, 5) is 22.6. The summed E-state index contributed by atoms with van der Waals surface area (Å²) in [6.07, 6.45) is 1.44. The third-order valence-electron chi connectivity index (χ3n) is 3.40. The second-order valence-corrected chi connectivity index (χ2v) is 5.42. The molecule has 1 aromatic carbocycles. The molecule has 0 spiro atoms. The third-order valence-corrected chi connectivity index (χ3v) is 3.74. The fourth-order valence-corrected chi connectivity index (χ4v) is 2.55. The van der Waals surface area contributed by atoms with Crippen LogP contribution in [0.15, 0.2) is 24.3 Å². The van der Waals surface area contributed by atoms with Crippen LogP contribution >= 0.6 is 11.6 Å². The Kier molecular flexibility index (Phi) is 5.55. The van der Waals surface area contributed by atoms with Crippen LogP contribution in [0.1, 0.15) is 30.9 Å². The summed E-state index contributed by atoms with van der Waals surface area (Å²) in [6.45, 7) is 0.441. The molecule has 0 saturated carbocycles. The van der Waals surface area contributed by atoms with Crippen molar-refractivity contribution in [2.24, 2.45) is 5.73 Å². The molecule has 1 aliphatic rings. The standard InChI is InChI=1S/C14H19ClN4O2/c15-10-5-2-1-4-9(10)11-8-12(19-18-11)14(21)17-7-3-6-13(16)20/h1-2,4-5,11-12,18-19H,3,6-8H2,(H2,16,20)(H,17,21). The summed E-state index contributed by atoms with van der Waals surface area (Å²) in [5, 5.41) is 3.46. The number of primary amides is 1. The molecule has 1 heterocycles. The van der Waals surface area contributed by atoms with Crippen molar-refractivity contribution in [3.8, 4) is 0 Å². The summed E-state index contributed by atoms with van der Waals surface area (Å²) in [7, 11) is 0. The Hall–Kier alpha value is -1.63. The molecule has 0 aromatic heterocycles. The lowest BCUT2D eigenvalue weighted by atomic mass is 10.0. The van der Waals surface area contributed by atoms with Gasteiger partial charge in [0.2, 0.25) is 11.8 Å². The molecule has 0 radical (unpaired) electrons. The first-order valence-corrected chi connectivity index (χ1v) is 7.27. The number of amides is 2. The van der Waals surface area contributed by atoms with E-state index in [1.807, 2.05) is 24.3 Å². The number of halogens is 1. The van der Waals surface area contributed by atoms with Crippen molar-refractivity contribution in [2.45, 2.75) is 31.3 Å². The fourth-order valence-electron chi connectivity index (χ4n) is 2.29. The molecule has 1 aliphatic heterocycles. The van der Waals surface area contributed by atoms with E-state index in [0.29, 0.717) is 24.4 Å². The molecule has 2 unspecified atom stereocenters. The third kappa shape index (κ3) is 4.42. The molecule has 0 bridgehead atoms. The number of nitrogens with one attached hydrogen (secondary N) is 3. The quantitative estimate of drug-likeness (QED) is 0.579. The van der Waals surface area contributed by atoms with Crippen LogP contribution in [0.4, 0.5) is 0 Å². The van der Waals surface area contributed by atoms with Crippen LogP contribution in [-0.2, 0) is 9.59 Å². The molecule has 7 heteroatoms. The van der Waals surface area contributed by atoms with E-state index in [-0.39, 0.29) is 30.3 Å². The summed E-state index contributed by atoms with van der Waals surface area (Å²) >= 11 is 6.15. The average molecular weight is 311 g/mol. The smallest absolute Gasteiger partial charge is 0.238 e. The maximum Gasteiger partial charge on any atom is 0.238 e. The van der Waals surface area contributed by atoms with E-state index in [4.69, 9.17) is 17.3 Å². The van der Waals surface area contributed by atoms with Gasteiger partial charge in [0.05, 0.1) is 0 Å². The van der Waals surface area contributed by atoms with Crippen molar-refractivity contribution in [1.82, 2.24) is 16.2 Å². The van der Waals surface area contributed by atoms with Crippen LogP contribution in [-0.4, -0.2) is 24.4 Å². The van der Waals surface area contributed by atoms with Crippen molar-refractivity contribution < 1.29 is 9.59 Å². The van der Waals surface area contributed by atoms with E-state index in [1.165, 1.54) is 0 Å². The number of hydrazine groups is 1. The summed E-state index contributed by atoms with van der Waals surface area (Å²) in [5.74, 6) is -0.454. The minimum atomic E-state index is -0.358. The molecule has 5 N–H and O–H groups in total. The van der Waals surface area contributed by atoms with Crippen molar-refractivity contribution in [2.75, 3.05) is 6.54 Å². The van der Waals surface area contributed by atoms with Crippen molar-refractivity contribution in [3.63, 3.8) is 0 Å². The van der Waals surface area contributed by atoms with Gasteiger partial charge in [0.25, 0.3) is 0 Å². The molecule has 0 aliphatic carbocycles. The number of rotatable bonds is 6. The SMILES string of the molecule is NC(=O)CCCNC(=O)C1CC(c2ccccc2Cl)NN1. The van der Waals surface area contributed by atoms with Crippen LogP contribution in [0.3, 0.4) is 0 Å². The van der Waals surface area contributed by atoms with Crippen LogP contribution < -0.4 is 21.9 Å². The van der Waals surface area contributed by atoms with E-state index in [1.54, 1.807) is 0 Å². The summed E-state index contributed by atoms with van der Waals surface area (Å²) < 4.78 is 0. The molecular formula is C14H19ClN4O2. The largest absolute Gasteiger partial charge is 0.370 e. The Bertz CT molecular complexity index is 523. The molecule has 2 atom stereocenters. The van der Waals surface area contributed by atoms with Crippen LogP contribution in [0.5, 0.6) is 0 Å². The number of carbonyl (C=O) groups excluding carboxylic acids is 2. The second kappa shape index (κ2) is 7.40. The van der Waals surface area contributed by atoms with Crippen LogP contribution in [0.25, 0.3) is 0 Å². The summed E-state index contributed by atoms with van der Waals surface area (Å²) in [6, 6.07) is 7.24. The molecule has 1 fully saturated rings. The first kappa shape index (κ1) is 15.8. The molecule has 1 aromatic rings. The molecular weight excluding hydrogens is 292 g/mol. The zero-order chi connectivity index (χ0) is 15.2. The first-order chi connectivity index (χ1) is 10.1. The lowest BCUT2D eigenvalue weighted by molar-refractivity contribution is -0.123. The van der Waals surface area contributed by atoms with E-state index < -0.39 is 0 Å². The number of nitrogens with two attached hydrogens (primary N) is 1. The zero-order valence-corrected chi connectivity index (χ0v) is 12.3. The van der Waals surface area contributed by atoms with Gasteiger partial charge in [-0.25, -0.2) is 10.9 Å². The van der Waals surface area contributed by atoms with Gasteiger partial charge in [0, 0.05) is 24.0 Å². The zero-order valence-electron chi connectivity index (χ0n) is 11.6. The number of carbonyl (C=O) groups is 2. The summed E-state index contributed by atoms with van der Waals surface area (Å²) in [5.41, 5.74) is 12.1. The molecule has 6 nitrogen and oxygen atoms in total. The highest BCUT2D eigenvalue weighted by atomic mass is 35.5. The first-order valence-electron chi connectivity index (χ1n) is 6.89. The Morgan fingerprint density at radius 2 is 2.10 bits per heavy atom. The monoisotopic (exact) mass is 310 g/mol. The van der Waals surface area contributed by atoms with Gasteiger partial charge in [-0.2, -0.15) is 0 Å². The van der Waals surface area contributed by atoms with Gasteiger partial charge >= 0.3 is 0 Å². The number of hydrogen-bond acceptors (Lipinski definition) is 4. The Morgan fingerprint density at radius 1 is 1.33 bits per heavy atom. The van der Waals surface area contributed by atoms with E-state index in [2.05, 4.69) is 16.2 Å². The minimum absolute atomic E-state index is 0.0000644. The van der Waals surface area contributed by atoms with Gasteiger partial charge in [0.15, 0.2) is 0 Å². The molecule has 1 saturated heterocycles. The number of benzene rings is 1. The Labute approximate surface area is 128 Å². The molecule has 114 valence electrons. The van der Waals surface area contributed by atoms with Crippen molar-refractivity contribution in [3.05, 3.63) is 34.9 Å². The van der Waals surface area contributed by atoms with Gasteiger partial charge in [-0.05, 0) is 24.5 Å². The van der Waals surface area contributed by atoms with E-state index >= 15 is 0 Å². The minimum Gasteiger partial charge on any atom is -0.370 e. The topological polar surface area (TPSA) is 96.2 Å². The lowest BCUT2D eigenvalue weighted by Gasteiger charge is -2.11. The van der Waals surface area contributed by atoms with Crippen molar-refractivity contribution in [1.29, 1.82) is 0 Å². The van der Waals surface area contributed by atoms with Gasteiger partial charge in [-0.15, -0.1) is 0 Å². The van der Waals surface area contributed by atoms with Crippen LogP contribution in [0, 0.1) is 0 Å². The number of hydrogen-bond donors (Lipinski definition) is 4. The predicted molar refractivity (Wildman–Crippen MR) is 80.3 cm³/mol. The molecule has 2 amide bonds. The van der Waals surface area contributed by atoms with E-state index in [9.17, 15) is 9.59 Å². The van der Waals surface area contributed by atoms with E-state index in [0.717, 1.165) is 5.56 Å². The molecule has 21 heavy (non-hydrogen) atoms. The Morgan fingerprint density at radius 3 is 2.81 bits per heavy atom. The average Bonchev–Trinajstić information content (AvgIpc) is 2.93. The van der Waals surface area contributed by atoms with Gasteiger partial charge in [0.1, 0.15) is 6.04 Å². The Balaban J connectivity index is 1.81. The predicted octanol–water partition coefficient (Wildman–Crippen LogP) is 0.629. The second-order valence-electron chi connectivity index (χ2n) is 5.01. The highest BCUT2D eigenvalue weighted by molar-refractivity contribution is 6.31. The fraction of sp³-hybridized carbons (Fsp3) is 0.429. The van der Waals surface area contributed by atoms with Crippen molar-refractivity contribution >= 4 is 23.4 Å².